The van der Waals surface area contributed by atoms with Crippen molar-refractivity contribution in [3.8, 4) is 0 Å². The predicted molar refractivity (Wildman–Crippen MR) is 126 cm³/mol. The van der Waals surface area contributed by atoms with Crippen molar-refractivity contribution in [3.63, 3.8) is 0 Å². The normalized spacial score (nSPS) is 14.4. The maximum absolute atomic E-state index is 12.7. The van der Waals surface area contributed by atoms with Crippen LogP contribution in [0.15, 0.2) is 56.1 Å². The summed E-state index contributed by atoms with van der Waals surface area (Å²) in [6.07, 6.45) is 3.89. The number of hydrogen-bond donors (Lipinski definition) is 2. The van der Waals surface area contributed by atoms with Crippen molar-refractivity contribution in [1.29, 1.82) is 0 Å². The fraction of sp³-hybridized carbons (Fsp3) is 0.333. The third kappa shape index (κ3) is 4.18. The summed E-state index contributed by atoms with van der Waals surface area (Å²) < 4.78 is 11.6. The molecular weight excluding hydrogens is 418 g/mol. The molecule has 0 saturated carbocycles. The quantitative estimate of drug-likeness (QED) is 0.426. The van der Waals surface area contributed by atoms with Crippen molar-refractivity contribution in [2.75, 3.05) is 6.54 Å². The van der Waals surface area contributed by atoms with E-state index in [0.717, 1.165) is 58.9 Å². The lowest BCUT2D eigenvalue weighted by molar-refractivity contribution is -0.121. The number of benzene rings is 2. The lowest BCUT2D eigenvalue weighted by Crippen LogP contribution is -2.29. The summed E-state index contributed by atoms with van der Waals surface area (Å²) in [4.78, 5) is 25.1. The standard InChI is InChI=1S/C27H27NO5/c1-16-18(11-12-26(30)28-15-22(29)17-7-3-2-4-8-17)27(31)33-24-14-25-21(13-20(16)24)19-9-5-6-10-23(19)32-25/h2-4,7-8,13-14,22,29H,5-6,9-12,15H2,1H3,(H,28,30). The van der Waals surface area contributed by atoms with Crippen LogP contribution in [0.2, 0.25) is 0 Å². The topological polar surface area (TPSA) is 92.7 Å². The molecule has 0 radical (unpaired) electrons. The van der Waals surface area contributed by atoms with Crippen LogP contribution in [0, 0.1) is 6.92 Å². The second kappa shape index (κ2) is 8.87. The van der Waals surface area contributed by atoms with Crippen LogP contribution >= 0.6 is 0 Å². The molecule has 6 heteroatoms. The minimum absolute atomic E-state index is 0.123. The van der Waals surface area contributed by atoms with E-state index in [9.17, 15) is 14.7 Å². The molecule has 2 N–H and O–H groups in total. The fourth-order valence-electron chi connectivity index (χ4n) is 4.76. The van der Waals surface area contributed by atoms with Crippen molar-refractivity contribution in [2.24, 2.45) is 0 Å². The van der Waals surface area contributed by atoms with Gasteiger partial charge in [0.25, 0.3) is 0 Å². The molecule has 1 aliphatic carbocycles. The van der Waals surface area contributed by atoms with E-state index in [1.807, 2.05) is 43.3 Å². The number of aliphatic hydroxyl groups excluding tert-OH is 1. The van der Waals surface area contributed by atoms with Crippen LogP contribution in [-0.2, 0) is 24.1 Å². The van der Waals surface area contributed by atoms with Crippen molar-refractivity contribution < 1.29 is 18.7 Å². The van der Waals surface area contributed by atoms with Crippen LogP contribution in [-0.4, -0.2) is 17.6 Å². The Labute approximate surface area is 191 Å². The van der Waals surface area contributed by atoms with Gasteiger partial charge in [-0.15, -0.1) is 0 Å². The number of amides is 1. The number of carbonyl (C=O) groups excluding carboxylic acids is 1. The number of carbonyl (C=O) groups is 1. The molecular formula is C27H27NO5. The average molecular weight is 446 g/mol. The number of aliphatic hydroxyl groups is 1. The highest BCUT2D eigenvalue weighted by Gasteiger charge is 2.20. The Balaban J connectivity index is 1.34. The molecule has 4 aromatic rings. The van der Waals surface area contributed by atoms with Gasteiger partial charge in [0, 0.05) is 47.4 Å². The van der Waals surface area contributed by atoms with Gasteiger partial charge in [-0.2, -0.15) is 0 Å². The molecule has 0 aliphatic heterocycles. The molecule has 0 bridgehead atoms. The third-order valence-electron chi connectivity index (χ3n) is 6.64. The zero-order chi connectivity index (χ0) is 22.9. The lowest BCUT2D eigenvalue weighted by Gasteiger charge is -2.12. The van der Waals surface area contributed by atoms with E-state index in [0.29, 0.717) is 11.1 Å². The Hall–Kier alpha value is -3.38. The molecule has 1 aliphatic rings. The van der Waals surface area contributed by atoms with E-state index < -0.39 is 11.7 Å². The maximum atomic E-state index is 12.7. The third-order valence-corrected chi connectivity index (χ3v) is 6.64. The summed E-state index contributed by atoms with van der Waals surface area (Å²) in [7, 11) is 0. The zero-order valence-electron chi connectivity index (χ0n) is 18.6. The van der Waals surface area contributed by atoms with Crippen LogP contribution in [0.4, 0.5) is 0 Å². The van der Waals surface area contributed by atoms with E-state index in [4.69, 9.17) is 8.83 Å². The number of hydrogen-bond acceptors (Lipinski definition) is 5. The van der Waals surface area contributed by atoms with Gasteiger partial charge in [0.2, 0.25) is 5.91 Å². The van der Waals surface area contributed by atoms with Gasteiger partial charge < -0.3 is 19.3 Å². The van der Waals surface area contributed by atoms with Crippen LogP contribution in [0.25, 0.3) is 21.9 Å². The minimum atomic E-state index is -0.772. The Morgan fingerprint density at radius 3 is 2.64 bits per heavy atom. The van der Waals surface area contributed by atoms with E-state index >= 15 is 0 Å². The van der Waals surface area contributed by atoms with E-state index in [1.165, 1.54) is 5.56 Å². The Morgan fingerprint density at radius 1 is 1.06 bits per heavy atom. The maximum Gasteiger partial charge on any atom is 0.339 e. The first-order valence-corrected chi connectivity index (χ1v) is 11.5. The van der Waals surface area contributed by atoms with Gasteiger partial charge in [0.15, 0.2) is 0 Å². The molecule has 6 nitrogen and oxygen atoms in total. The molecule has 170 valence electrons. The number of fused-ring (bicyclic) bond motifs is 4. The van der Waals surface area contributed by atoms with E-state index in [1.54, 1.807) is 0 Å². The number of nitrogens with one attached hydrogen (secondary N) is 1. The molecule has 2 aromatic carbocycles. The summed E-state index contributed by atoms with van der Waals surface area (Å²) >= 11 is 0. The molecule has 1 atom stereocenters. The average Bonchev–Trinajstić information content (AvgIpc) is 3.19. The molecule has 2 aromatic heterocycles. The summed E-state index contributed by atoms with van der Waals surface area (Å²) in [5, 5.41) is 14.9. The molecule has 0 saturated heterocycles. The van der Waals surface area contributed by atoms with E-state index in [2.05, 4.69) is 11.4 Å². The van der Waals surface area contributed by atoms with Gasteiger partial charge in [-0.25, -0.2) is 4.79 Å². The Morgan fingerprint density at radius 2 is 1.82 bits per heavy atom. The van der Waals surface area contributed by atoms with Crippen molar-refractivity contribution in [3.05, 3.63) is 80.9 Å². The first-order chi connectivity index (χ1) is 16.0. The van der Waals surface area contributed by atoms with Gasteiger partial charge in [-0.05, 0) is 49.8 Å². The summed E-state index contributed by atoms with van der Waals surface area (Å²) in [6, 6.07) is 13.1. The number of furan rings is 1. The van der Waals surface area contributed by atoms with Gasteiger partial charge in [0.05, 0.1) is 6.10 Å². The molecule has 0 fully saturated rings. The Bertz CT molecular complexity index is 1380. The number of aryl methyl sites for hydroxylation is 3. The highest BCUT2D eigenvalue weighted by atomic mass is 16.4. The van der Waals surface area contributed by atoms with Crippen LogP contribution in [0.1, 0.15) is 53.4 Å². The molecule has 2 heterocycles. The minimum Gasteiger partial charge on any atom is -0.461 e. The van der Waals surface area contributed by atoms with Crippen LogP contribution < -0.4 is 10.9 Å². The van der Waals surface area contributed by atoms with Crippen LogP contribution in [0.5, 0.6) is 0 Å². The van der Waals surface area contributed by atoms with Gasteiger partial charge >= 0.3 is 5.63 Å². The molecule has 5 rings (SSSR count). The first-order valence-electron chi connectivity index (χ1n) is 11.5. The summed E-state index contributed by atoms with van der Waals surface area (Å²) in [5.74, 6) is 0.823. The van der Waals surface area contributed by atoms with Gasteiger partial charge in [-0.1, -0.05) is 30.3 Å². The summed E-state index contributed by atoms with van der Waals surface area (Å²) in [6.45, 7) is 2.03. The molecule has 0 spiro atoms. The highest BCUT2D eigenvalue weighted by Crippen LogP contribution is 2.35. The van der Waals surface area contributed by atoms with E-state index in [-0.39, 0.29) is 25.3 Å². The monoisotopic (exact) mass is 445 g/mol. The lowest BCUT2D eigenvalue weighted by atomic mass is 9.94. The Kier molecular flexibility index (Phi) is 5.77. The SMILES string of the molecule is Cc1c(CCC(=O)NCC(O)c2ccccc2)c(=O)oc2cc3oc4c(c3cc12)CCCC4. The summed E-state index contributed by atoms with van der Waals surface area (Å²) in [5.41, 5.74) is 4.21. The van der Waals surface area contributed by atoms with Crippen molar-refractivity contribution >= 4 is 27.8 Å². The highest BCUT2D eigenvalue weighted by molar-refractivity contribution is 5.97. The fourth-order valence-corrected chi connectivity index (χ4v) is 4.76. The second-order valence-electron chi connectivity index (χ2n) is 8.78. The molecule has 1 unspecified atom stereocenters. The smallest absolute Gasteiger partial charge is 0.339 e. The predicted octanol–water partition coefficient (Wildman–Crippen LogP) is 4.51. The second-order valence-corrected chi connectivity index (χ2v) is 8.78. The first kappa shape index (κ1) is 21.5. The van der Waals surface area contributed by atoms with Crippen LogP contribution in [0.3, 0.4) is 0 Å². The van der Waals surface area contributed by atoms with Crippen molar-refractivity contribution in [1.82, 2.24) is 5.32 Å². The zero-order valence-corrected chi connectivity index (χ0v) is 18.6. The number of rotatable bonds is 6. The van der Waals surface area contributed by atoms with Gasteiger partial charge in [0.1, 0.15) is 16.9 Å². The largest absolute Gasteiger partial charge is 0.461 e. The van der Waals surface area contributed by atoms with Gasteiger partial charge in [-0.3, -0.25) is 4.79 Å². The molecule has 1 amide bonds. The van der Waals surface area contributed by atoms with Crippen molar-refractivity contribution in [2.45, 2.75) is 51.6 Å². The molecule has 33 heavy (non-hydrogen) atoms.